The third-order valence-corrected chi connectivity index (χ3v) is 10.0. The van der Waals surface area contributed by atoms with Gasteiger partial charge in [0.25, 0.3) is 23.6 Å². The van der Waals surface area contributed by atoms with Crippen molar-refractivity contribution in [2.24, 2.45) is 71.6 Å². The standard InChI is InChI=1S/C41H48N22O12/c42-14-17-12-22(62(72)73)27(23(13-17)63(74)75)61(15-21-20-9-5-4-6-18(20)10-11-25(21)65)24(16-64)33(67)52-26(19-7-2-1-3-8-19)34(68)54-30(58-39(46)47)36(70)56-32(60-41(50)51)37(71)55-31(59-40(48)49)35(69)53-29(28(43)66)57-38(44)45/h1-13,24,26,29-32,64-65H,15-16H2,(H2,43,66)(H,52,67)(H,53,69)(H,54,68)(H,55,71)(H,56,70)(H4,44,45,57)(H4,46,47,58)(H4,48,49,59)(H4,50,51,60). The van der Waals surface area contributed by atoms with Crippen molar-refractivity contribution in [1.29, 1.82) is 5.26 Å². The lowest BCUT2D eigenvalue weighted by Crippen LogP contribution is -2.58. The summed E-state index contributed by atoms with van der Waals surface area (Å²) >= 11 is 0. The zero-order valence-electron chi connectivity index (χ0n) is 38.6. The highest BCUT2D eigenvalue weighted by Crippen LogP contribution is 2.42. The van der Waals surface area contributed by atoms with Crippen LogP contribution in [0.2, 0.25) is 0 Å². The average molecular weight is 1040 g/mol. The number of phenols is 1. The number of nitro groups is 2. The number of aliphatic hydroxyl groups is 1. The number of benzene rings is 4. The summed E-state index contributed by atoms with van der Waals surface area (Å²) < 4.78 is 0. The predicted octanol–water partition coefficient (Wildman–Crippen LogP) is -6.19. The number of aliphatic imine (C=N–C) groups is 4. The number of fused-ring (bicyclic) bond motifs is 1. The second-order valence-electron chi connectivity index (χ2n) is 15.2. The van der Waals surface area contributed by atoms with E-state index in [-0.39, 0.29) is 11.1 Å². The normalized spacial score (nSPS) is 12.9. The Bertz CT molecular complexity index is 3000. The van der Waals surface area contributed by atoms with Gasteiger partial charge in [0.2, 0.25) is 36.5 Å². The minimum atomic E-state index is -2.27. The van der Waals surface area contributed by atoms with Crippen LogP contribution in [-0.2, 0) is 35.3 Å². The fraction of sp³-hybridized carbons (Fsp3) is 0.195. The molecule has 75 heavy (non-hydrogen) atoms. The van der Waals surface area contributed by atoms with E-state index >= 15 is 0 Å². The van der Waals surface area contributed by atoms with Gasteiger partial charge in [-0.15, -0.1) is 0 Å². The van der Waals surface area contributed by atoms with E-state index in [0.717, 1.165) is 4.90 Å². The van der Waals surface area contributed by atoms with E-state index in [1.807, 2.05) is 16.0 Å². The molecule has 34 nitrogen and oxygen atoms in total. The molecule has 25 N–H and O–H groups in total. The van der Waals surface area contributed by atoms with E-state index in [4.69, 9.17) is 51.6 Å². The maximum absolute atomic E-state index is 14.7. The first-order valence-corrected chi connectivity index (χ1v) is 21.0. The molecule has 0 fully saturated rings. The maximum Gasteiger partial charge on any atom is 0.301 e. The van der Waals surface area contributed by atoms with Crippen LogP contribution in [0.15, 0.2) is 98.8 Å². The van der Waals surface area contributed by atoms with E-state index < -0.39 is 147 Å². The van der Waals surface area contributed by atoms with Gasteiger partial charge in [-0.1, -0.05) is 60.7 Å². The fourth-order valence-electron chi connectivity index (χ4n) is 6.85. The van der Waals surface area contributed by atoms with Gasteiger partial charge in [0, 0.05) is 24.2 Å². The number of nitriles is 1. The van der Waals surface area contributed by atoms with E-state index in [1.54, 1.807) is 24.3 Å². The smallest absolute Gasteiger partial charge is 0.301 e. The van der Waals surface area contributed by atoms with Gasteiger partial charge in [-0.3, -0.25) is 49.0 Å². The first-order valence-electron chi connectivity index (χ1n) is 21.0. The van der Waals surface area contributed by atoms with E-state index in [9.17, 15) is 64.5 Å². The number of aromatic hydroxyl groups is 1. The Morgan fingerprint density at radius 1 is 0.613 bits per heavy atom. The van der Waals surface area contributed by atoms with E-state index in [1.165, 1.54) is 48.5 Å². The van der Waals surface area contributed by atoms with Crippen LogP contribution >= 0.6 is 0 Å². The molecule has 0 radical (unpaired) electrons. The third kappa shape index (κ3) is 14.9. The van der Waals surface area contributed by atoms with E-state index in [2.05, 4.69) is 30.6 Å². The summed E-state index contributed by atoms with van der Waals surface area (Å²) in [4.78, 5) is 120. The summed E-state index contributed by atoms with van der Waals surface area (Å²) in [5.41, 5.74) is 45.1. The minimum absolute atomic E-state index is 0.0435. The summed E-state index contributed by atoms with van der Waals surface area (Å²) in [5, 5.41) is 68.4. The molecular formula is C41H48N22O12. The summed E-state index contributed by atoms with van der Waals surface area (Å²) in [6.45, 7) is -2.07. The van der Waals surface area contributed by atoms with Crippen LogP contribution in [0.5, 0.6) is 5.75 Å². The van der Waals surface area contributed by atoms with Crippen molar-refractivity contribution in [1.82, 2.24) is 26.6 Å². The van der Waals surface area contributed by atoms with Crippen molar-refractivity contribution < 1.29 is 48.8 Å². The number of nitrogens with two attached hydrogens (primary N) is 9. The number of primary amides is 1. The quantitative estimate of drug-likeness (QED) is 0.0142. The van der Waals surface area contributed by atoms with Gasteiger partial charge < -0.3 is 93.3 Å². The molecule has 6 amide bonds. The molecule has 0 aliphatic heterocycles. The zero-order chi connectivity index (χ0) is 55.8. The second-order valence-corrected chi connectivity index (χ2v) is 15.2. The number of nitro benzene ring substituents is 2. The summed E-state index contributed by atoms with van der Waals surface area (Å²) in [6.07, 6.45) is -8.60. The van der Waals surface area contributed by atoms with Gasteiger partial charge in [-0.05, 0) is 22.4 Å². The van der Waals surface area contributed by atoms with Crippen LogP contribution in [-0.4, -0.2) is 117 Å². The molecule has 0 spiro atoms. The van der Waals surface area contributed by atoms with Crippen molar-refractivity contribution in [3.05, 3.63) is 116 Å². The number of phenolic OH excluding ortho intramolecular Hbond substituents is 1. The minimum Gasteiger partial charge on any atom is -0.508 e. The lowest BCUT2D eigenvalue weighted by Gasteiger charge is -2.33. The lowest BCUT2D eigenvalue weighted by molar-refractivity contribution is -0.392. The van der Waals surface area contributed by atoms with Gasteiger partial charge in [0.15, 0.2) is 29.5 Å². The number of nitrogens with one attached hydrogen (secondary N) is 5. The number of carbonyl (C=O) groups is 6. The van der Waals surface area contributed by atoms with Gasteiger partial charge in [-0.25, -0.2) is 20.0 Å². The highest BCUT2D eigenvalue weighted by atomic mass is 16.6. The highest BCUT2D eigenvalue weighted by Gasteiger charge is 2.40. The summed E-state index contributed by atoms with van der Waals surface area (Å²) in [6, 6.07) is 15.0. The monoisotopic (exact) mass is 1040 g/mol. The molecule has 34 heteroatoms. The topological polar surface area (TPSA) is 600 Å². The van der Waals surface area contributed by atoms with Crippen molar-refractivity contribution in [2.45, 2.75) is 43.3 Å². The number of rotatable bonds is 23. The molecule has 4 aromatic carbocycles. The molecule has 6 unspecified atom stereocenters. The predicted molar refractivity (Wildman–Crippen MR) is 265 cm³/mol. The molecular weight excluding hydrogens is 993 g/mol. The van der Waals surface area contributed by atoms with Crippen LogP contribution in [0.4, 0.5) is 17.1 Å². The fourth-order valence-corrected chi connectivity index (χ4v) is 6.85. The molecule has 0 aromatic heterocycles. The first kappa shape index (κ1) is 56.5. The molecule has 0 aliphatic carbocycles. The number of nitrogens with zero attached hydrogens (tertiary/aromatic N) is 8. The van der Waals surface area contributed by atoms with Gasteiger partial charge in [-0.2, -0.15) is 5.26 Å². The van der Waals surface area contributed by atoms with Crippen LogP contribution < -0.4 is 83.1 Å². The number of aliphatic hydroxyl groups excluding tert-OH is 1. The number of anilines is 1. The SMILES string of the molecule is N#Cc1cc([N+](=O)[O-])c(N(Cc2c(O)ccc3ccccc23)C(CO)C(=O)NC(C(=O)NC(N=C(N)N)C(=O)NC(N=C(N)N)C(=O)NC(N=C(N)N)C(=O)NC(N=C(N)N)C(N)=O)c2ccccc2)c([N+](=O)[O-])c1. The van der Waals surface area contributed by atoms with Crippen molar-refractivity contribution >= 4 is 87.1 Å². The van der Waals surface area contributed by atoms with Crippen LogP contribution in [0.3, 0.4) is 0 Å². The van der Waals surface area contributed by atoms with Crippen molar-refractivity contribution in [3.63, 3.8) is 0 Å². The molecule has 4 aromatic rings. The molecule has 4 rings (SSSR count). The Kier molecular flexibility index (Phi) is 18.9. The Hall–Kier alpha value is -11.1. The molecule has 0 saturated heterocycles. The lowest BCUT2D eigenvalue weighted by atomic mass is 10.0. The Labute approximate surface area is 421 Å². The largest absolute Gasteiger partial charge is 0.508 e. The number of guanidine groups is 4. The molecule has 6 atom stereocenters. The number of hydrogen-bond donors (Lipinski definition) is 16. The van der Waals surface area contributed by atoms with Crippen molar-refractivity contribution in [2.75, 3.05) is 11.5 Å². The molecule has 394 valence electrons. The molecule has 0 bridgehead atoms. The van der Waals surface area contributed by atoms with Crippen molar-refractivity contribution in [3.8, 4) is 11.8 Å². The average Bonchev–Trinajstić information content (AvgIpc) is 3.34. The zero-order valence-corrected chi connectivity index (χ0v) is 38.6. The summed E-state index contributed by atoms with van der Waals surface area (Å²) in [7, 11) is 0. The number of amides is 6. The van der Waals surface area contributed by atoms with Crippen LogP contribution in [0.1, 0.15) is 22.7 Å². The highest BCUT2D eigenvalue weighted by molar-refractivity contribution is 5.99. The van der Waals surface area contributed by atoms with Crippen LogP contribution in [0.25, 0.3) is 10.8 Å². The van der Waals surface area contributed by atoms with E-state index in [0.29, 0.717) is 22.9 Å². The molecule has 0 saturated carbocycles. The Balaban J connectivity index is 1.78. The molecule has 0 heterocycles. The van der Waals surface area contributed by atoms with Gasteiger partial charge in [0.1, 0.15) is 17.8 Å². The number of hydrogen-bond acceptors (Lipinski definition) is 18. The second kappa shape index (κ2) is 25.1. The first-order chi connectivity index (χ1) is 35.4. The van der Waals surface area contributed by atoms with Gasteiger partial charge >= 0.3 is 11.4 Å². The Morgan fingerprint density at radius 3 is 1.49 bits per heavy atom. The number of carbonyl (C=O) groups excluding carboxylic acids is 6. The molecule has 0 aliphatic rings. The van der Waals surface area contributed by atoms with Crippen LogP contribution in [0, 0.1) is 31.6 Å². The van der Waals surface area contributed by atoms with Gasteiger partial charge in [0.05, 0.1) is 28.1 Å². The third-order valence-electron chi connectivity index (χ3n) is 10.0. The summed E-state index contributed by atoms with van der Waals surface area (Å²) in [5.74, 6) is -12.0. The Morgan fingerprint density at radius 2 is 1.05 bits per heavy atom. The maximum atomic E-state index is 14.7.